The average molecular weight is 324 g/mol. The fourth-order valence-electron chi connectivity index (χ4n) is 1.31. The second-order valence-electron chi connectivity index (χ2n) is 4.53. The quantitative estimate of drug-likeness (QED) is 0.617. The van der Waals surface area contributed by atoms with Crippen molar-refractivity contribution in [3.8, 4) is 5.75 Å². The monoisotopic (exact) mass is 324 g/mol. The predicted molar refractivity (Wildman–Crippen MR) is 75.1 cm³/mol. The Morgan fingerprint density at radius 3 is 2.14 bits per heavy atom. The first-order valence-corrected chi connectivity index (χ1v) is 6.25. The van der Waals surface area contributed by atoms with Crippen LogP contribution < -0.4 is 15.4 Å². The number of hydrogen-bond acceptors (Lipinski definition) is 4. The van der Waals surface area contributed by atoms with E-state index in [9.17, 15) is 13.2 Å². The zero-order valence-electron chi connectivity index (χ0n) is 11.1. The minimum absolute atomic E-state index is 0.116. The lowest BCUT2D eigenvalue weighted by atomic mass is 10.1. The summed E-state index contributed by atoms with van der Waals surface area (Å²) in [7, 11) is 0. The van der Waals surface area contributed by atoms with E-state index in [4.69, 9.17) is 22.4 Å². The van der Waals surface area contributed by atoms with Gasteiger partial charge in [0.2, 0.25) is 0 Å². The van der Waals surface area contributed by atoms with E-state index in [-0.39, 0.29) is 24.1 Å². The molecule has 0 fully saturated rings. The Morgan fingerprint density at radius 2 is 1.71 bits per heavy atom. The molecule has 0 heterocycles. The first kappa shape index (κ1) is 17.5. The van der Waals surface area contributed by atoms with Gasteiger partial charge in [0.1, 0.15) is 5.75 Å². The number of halogens is 3. The van der Waals surface area contributed by atoms with Crippen LogP contribution in [-0.2, 0) is 0 Å². The third kappa shape index (κ3) is 6.15. The molecule has 0 atom stereocenters. The standard InChI is InChI=1S/C12H15F3N2O3S/c1-11(6-18,7-19)17-10(21)16-8-2-4-9(5-3-8)20-12(13,14)15/h2-5,18-19H,6-7H2,1H3,(H2,16,17,21). The van der Waals surface area contributed by atoms with Crippen LogP contribution in [0.2, 0.25) is 0 Å². The first-order chi connectivity index (χ1) is 9.67. The van der Waals surface area contributed by atoms with Crippen molar-refractivity contribution in [3.05, 3.63) is 24.3 Å². The Bertz CT molecular complexity index is 476. The molecule has 21 heavy (non-hydrogen) atoms. The molecule has 1 rings (SSSR count). The molecule has 0 aromatic heterocycles. The van der Waals surface area contributed by atoms with E-state index in [0.717, 1.165) is 12.1 Å². The zero-order chi connectivity index (χ0) is 16.1. The van der Waals surface area contributed by atoms with Crippen LogP contribution in [0.15, 0.2) is 24.3 Å². The summed E-state index contributed by atoms with van der Waals surface area (Å²) in [5.41, 5.74) is -0.566. The van der Waals surface area contributed by atoms with Crippen molar-refractivity contribution < 1.29 is 28.1 Å². The summed E-state index contributed by atoms with van der Waals surface area (Å²) < 4.78 is 39.7. The summed E-state index contributed by atoms with van der Waals surface area (Å²) in [5.74, 6) is -0.345. The molecule has 4 N–H and O–H groups in total. The van der Waals surface area contributed by atoms with E-state index in [1.807, 2.05) is 0 Å². The highest BCUT2D eigenvalue weighted by molar-refractivity contribution is 7.80. The van der Waals surface area contributed by atoms with Crippen LogP contribution in [-0.4, -0.2) is 40.4 Å². The molecule has 0 aliphatic rings. The van der Waals surface area contributed by atoms with E-state index >= 15 is 0 Å². The van der Waals surface area contributed by atoms with Crippen LogP contribution in [0.25, 0.3) is 0 Å². The smallest absolute Gasteiger partial charge is 0.406 e. The van der Waals surface area contributed by atoms with Gasteiger partial charge < -0.3 is 25.6 Å². The van der Waals surface area contributed by atoms with E-state index in [1.54, 1.807) is 6.92 Å². The summed E-state index contributed by atoms with van der Waals surface area (Å²) in [4.78, 5) is 0. The number of thiocarbonyl (C=S) groups is 1. The van der Waals surface area contributed by atoms with Crippen molar-refractivity contribution in [1.82, 2.24) is 5.32 Å². The highest BCUT2D eigenvalue weighted by Crippen LogP contribution is 2.23. The SMILES string of the molecule is CC(CO)(CO)NC(=S)Nc1ccc(OC(F)(F)F)cc1. The van der Waals surface area contributed by atoms with Gasteiger partial charge in [0, 0.05) is 5.69 Å². The molecular formula is C12H15F3N2O3S. The summed E-state index contributed by atoms with van der Waals surface area (Å²) in [6, 6.07) is 4.97. The largest absolute Gasteiger partial charge is 0.573 e. The molecule has 0 bridgehead atoms. The number of alkyl halides is 3. The number of aliphatic hydroxyl groups is 2. The van der Waals surface area contributed by atoms with Crippen molar-refractivity contribution in [2.75, 3.05) is 18.5 Å². The van der Waals surface area contributed by atoms with Gasteiger partial charge in [-0.15, -0.1) is 13.2 Å². The lowest BCUT2D eigenvalue weighted by Crippen LogP contribution is -2.53. The molecule has 9 heteroatoms. The fraction of sp³-hybridized carbons (Fsp3) is 0.417. The van der Waals surface area contributed by atoms with Crippen LogP contribution >= 0.6 is 12.2 Å². The minimum atomic E-state index is -4.74. The van der Waals surface area contributed by atoms with Crippen LogP contribution in [0.1, 0.15) is 6.92 Å². The second kappa shape index (κ2) is 6.92. The van der Waals surface area contributed by atoms with Gasteiger partial charge in [-0.3, -0.25) is 0 Å². The molecule has 1 aromatic rings. The number of rotatable bonds is 5. The number of nitrogens with one attached hydrogen (secondary N) is 2. The maximum Gasteiger partial charge on any atom is 0.573 e. The maximum absolute atomic E-state index is 12.0. The van der Waals surface area contributed by atoms with Crippen molar-refractivity contribution >= 4 is 23.0 Å². The Morgan fingerprint density at radius 1 is 1.19 bits per heavy atom. The summed E-state index contributed by atoms with van der Waals surface area (Å²) in [5, 5.41) is 23.8. The van der Waals surface area contributed by atoms with Gasteiger partial charge in [0.05, 0.1) is 18.8 Å². The molecular weight excluding hydrogens is 309 g/mol. The zero-order valence-corrected chi connectivity index (χ0v) is 11.9. The molecule has 0 saturated heterocycles. The third-order valence-electron chi connectivity index (χ3n) is 2.46. The summed E-state index contributed by atoms with van der Waals surface area (Å²) >= 11 is 4.98. The van der Waals surface area contributed by atoms with Crippen molar-refractivity contribution in [1.29, 1.82) is 0 Å². The maximum atomic E-state index is 12.0. The number of aliphatic hydroxyl groups excluding tert-OH is 2. The molecule has 0 saturated carbocycles. The van der Waals surface area contributed by atoms with Gasteiger partial charge in [-0.2, -0.15) is 0 Å². The Labute approximate surface area is 124 Å². The third-order valence-corrected chi connectivity index (χ3v) is 2.66. The van der Waals surface area contributed by atoms with E-state index in [2.05, 4.69) is 15.4 Å². The molecule has 0 unspecified atom stereocenters. The predicted octanol–water partition coefficient (Wildman–Crippen LogP) is 1.61. The molecule has 0 amide bonds. The summed E-state index contributed by atoms with van der Waals surface area (Å²) in [6.45, 7) is 0.870. The van der Waals surface area contributed by atoms with Crippen molar-refractivity contribution in [2.24, 2.45) is 0 Å². The number of anilines is 1. The van der Waals surface area contributed by atoms with Crippen LogP contribution in [0.3, 0.4) is 0 Å². The van der Waals surface area contributed by atoms with E-state index in [0.29, 0.717) is 5.69 Å². The van der Waals surface area contributed by atoms with Gasteiger partial charge in [0.15, 0.2) is 5.11 Å². The van der Waals surface area contributed by atoms with Crippen LogP contribution in [0.4, 0.5) is 18.9 Å². The Kier molecular flexibility index (Phi) is 5.76. The number of benzene rings is 1. The highest BCUT2D eigenvalue weighted by atomic mass is 32.1. The van der Waals surface area contributed by atoms with Crippen molar-refractivity contribution in [2.45, 2.75) is 18.8 Å². The second-order valence-corrected chi connectivity index (χ2v) is 4.94. The highest BCUT2D eigenvalue weighted by Gasteiger charge is 2.31. The molecule has 0 spiro atoms. The van der Waals surface area contributed by atoms with Gasteiger partial charge >= 0.3 is 6.36 Å². The Hall–Kier alpha value is -1.58. The fourth-order valence-corrected chi connectivity index (χ4v) is 1.67. The molecule has 0 aliphatic heterocycles. The van der Waals surface area contributed by atoms with Gasteiger partial charge in [-0.05, 0) is 43.4 Å². The lowest BCUT2D eigenvalue weighted by Gasteiger charge is -2.27. The molecule has 118 valence electrons. The Balaban J connectivity index is 2.62. The van der Waals surface area contributed by atoms with Gasteiger partial charge in [-0.25, -0.2) is 0 Å². The minimum Gasteiger partial charge on any atom is -0.406 e. The molecule has 5 nitrogen and oxygen atoms in total. The first-order valence-electron chi connectivity index (χ1n) is 5.84. The van der Waals surface area contributed by atoms with Crippen LogP contribution in [0, 0.1) is 0 Å². The van der Waals surface area contributed by atoms with E-state index in [1.165, 1.54) is 12.1 Å². The number of hydrogen-bond donors (Lipinski definition) is 4. The average Bonchev–Trinajstić information content (AvgIpc) is 2.39. The van der Waals surface area contributed by atoms with Gasteiger partial charge in [-0.1, -0.05) is 0 Å². The molecule has 1 aromatic carbocycles. The van der Waals surface area contributed by atoms with Gasteiger partial charge in [0.25, 0.3) is 0 Å². The lowest BCUT2D eigenvalue weighted by molar-refractivity contribution is -0.274. The number of ether oxygens (including phenoxy) is 1. The normalized spacial score (nSPS) is 11.9. The van der Waals surface area contributed by atoms with E-state index < -0.39 is 11.9 Å². The molecule has 0 aliphatic carbocycles. The van der Waals surface area contributed by atoms with Crippen molar-refractivity contribution in [3.63, 3.8) is 0 Å². The molecule has 0 radical (unpaired) electrons. The topological polar surface area (TPSA) is 73.8 Å². The summed E-state index contributed by atoms with van der Waals surface area (Å²) in [6.07, 6.45) is -4.74. The van der Waals surface area contributed by atoms with Crippen LogP contribution in [0.5, 0.6) is 5.75 Å².